The Kier molecular flexibility index (Phi) is 6.51. The predicted molar refractivity (Wildman–Crippen MR) is 70.9 cm³/mol. The molecule has 22 heteroatoms. The molecular formula is C14F19N3. The fourth-order valence-corrected chi connectivity index (χ4v) is 2.22. The third-order valence-electron chi connectivity index (χ3n) is 4.07. The molecule has 2 rings (SSSR count). The van der Waals surface area contributed by atoms with Gasteiger partial charge in [0.05, 0.1) is 0 Å². The first-order valence-electron chi connectivity index (χ1n) is 7.91. The Labute approximate surface area is 182 Å². The molecule has 2 aromatic rings. The molecule has 0 saturated carbocycles. The smallest absolute Gasteiger partial charge is 0.205 e. The number of hydrogen-bond acceptors (Lipinski definition) is 2. The molecular weight excluding hydrogens is 571 g/mol. The Morgan fingerprint density at radius 3 is 1.17 bits per heavy atom. The first-order valence-corrected chi connectivity index (χ1v) is 7.91. The summed E-state index contributed by atoms with van der Waals surface area (Å²) in [6.07, 6.45) is -14.7. The van der Waals surface area contributed by atoms with Gasteiger partial charge in [0.2, 0.25) is 17.5 Å². The minimum Gasteiger partial charge on any atom is -0.205 e. The molecule has 0 amide bonds. The maximum Gasteiger partial charge on any atom is 0.460 e. The molecule has 0 N–H and O–H groups in total. The SMILES string of the molecule is Fc1c(F)c(F)c(-n2nc(C(F)(F)C(F)(F)C(F)(F)F)nc2C(F)(F)C(F)(F)C(F)(F)F)c(F)c1F. The van der Waals surface area contributed by atoms with Gasteiger partial charge in [-0.05, 0) is 0 Å². The van der Waals surface area contributed by atoms with Crippen LogP contribution in [0.2, 0.25) is 0 Å². The van der Waals surface area contributed by atoms with E-state index < -0.39 is 87.1 Å². The highest BCUT2D eigenvalue weighted by atomic mass is 19.4. The first-order chi connectivity index (χ1) is 15.8. The molecule has 0 bridgehead atoms. The quantitative estimate of drug-likeness (QED) is 0.232. The molecule has 0 unspecified atom stereocenters. The fraction of sp³-hybridized carbons (Fsp3) is 0.429. The van der Waals surface area contributed by atoms with Crippen molar-refractivity contribution in [1.29, 1.82) is 0 Å². The van der Waals surface area contributed by atoms with E-state index in [4.69, 9.17) is 0 Å². The van der Waals surface area contributed by atoms with Gasteiger partial charge in [-0.1, -0.05) is 0 Å². The van der Waals surface area contributed by atoms with Crippen molar-refractivity contribution < 1.29 is 83.4 Å². The van der Waals surface area contributed by atoms with Crippen LogP contribution in [0.25, 0.3) is 5.69 Å². The number of benzene rings is 1. The van der Waals surface area contributed by atoms with Crippen LogP contribution < -0.4 is 0 Å². The van der Waals surface area contributed by atoms with E-state index >= 15 is 0 Å². The van der Waals surface area contributed by atoms with Gasteiger partial charge in [0.25, 0.3) is 0 Å². The highest BCUT2D eigenvalue weighted by molar-refractivity contribution is 5.39. The van der Waals surface area contributed by atoms with Crippen molar-refractivity contribution in [3.63, 3.8) is 0 Å². The number of aromatic nitrogens is 3. The van der Waals surface area contributed by atoms with Crippen LogP contribution in [0.5, 0.6) is 0 Å². The summed E-state index contributed by atoms with van der Waals surface area (Å²) in [6.45, 7) is 0. The minimum absolute atomic E-state index is 1.37. The molecule has 0 radical (unpaired) electrons. The molecule has 3 nitrogen and oxygen atoms in total. The van der Waals surface area contributed by atoms with Gasteiger partial charge >= 0.3 is 36.0 Å². The van der Waals surface area contributed by atoms with E-state index in [1.807, 2.05) is 0 Å². The zero-order chi connectivity index (χ0) is 28.6. The van der Waals surface area contributed by atoms with Crippen LogP contribution in [0.4, 0.5) is 83.4 Å². The number of halogens is 19. The lowest BCUT2D eigenvalue weighted by atomic mass is 10.1. The molecule has 0 atom stereocenters. The second-order valence-corrected chi connectivity index (χ2v) is 6.38. The number of rotatable bonds is 5. The summed E-state index contributed by atoms with van der Waals surface area (Å²) in [5.41, 5.74) is -3.16. The lowest BCUT2D eigenvalue weighted by Crippen LogP contribution is -2.51. The van der Waals surface area contributed by atoms with Crippen LogP contribution in [-0.4, -0.2) is 39.0 Å². The topological polar surface area (TPSA) is 30.7 Å². The lowest BCUT2D eigenvalue weighted by molar-refractivity contribution is -0.363. The molecule has 0 aliphatic heterocycles. The van der Waals surface area contributed by atoms with Crippen LogP contribution >= 0.6 is 0 Å². The second-order valence-electron chi connectivity index (χ2n) is 6.38. The molecule has 0 aliphatic rings. The molecule has 0 fully saturated rings. The van der Waals surface area contributed by atoms with E-state index in [1.165, 1.54) is 4.98 Å². The largest absolute Gasteiger partial charge is 0.460 e. The summed E-state index contributed by atoms with van der Waals surface area (Å²) < 4.78 is 249. The van der Waals surface area contributed by atoms with Crippen LogP contribution in [0.15, 0.2) is 0 Å². The Morgan fingerprint density at radius 2 is 0.806 bits per heavy atom. The predicted octanol–water partition coefficient (Wildman–Crippen LogP) is 6.54. The normalized spacial score (nSPS) is 14.5. The van der Waals surface area contributed by atoms with E-state index in [1.54, 1.807) is 5.10 Å². The van der Waals surface area contributed by atoms with Crippen molar-refractivity contribution >= 4 is 0 Å². The lowest BCUT2D eigenvalue weighted by Gasteiger charge is -2.27. The van der Waals surface area contributed by atoms with Crippen molar-refractivity contribution in [2.24, 2.45) is 0 Å². The van der Waals surface area contributed by atoms with E-state index in [0.717, 1.165) is 0 Å². The van der Waals surface area contributed by atoms with Gasteiger partial charge in [-0.15, -0.1) is 5.10 Å². The third-order valence-corrected chi connectivity index (χ3v) is 4.07. The van der Waals surface area contributed by atoms with Gasteiger partial charge < -0.3 is 0 Å². The minimum atomic E-state index is -7.53. The Balaban J connectivity index is 3.09. The Bertz CT molecular complexity index is 1140. The van der Waals surface area contributed by atoms with Gasteiger partial charge in [-0.3, -0.25) is 0 Å². The van der Waals surface area contributed by atoms with Crippen molar-refractivity contribution in [3.05, 3.63) is 40.7 Å². The Morgan fingerprint density at radius 1 is 0.472 bits per heavy atom. The molecule has 1 aromatic heterocycles. The second kappa shape index (κ2) is 8.02. The van der Waals surface area contributed by atoms with E-state index in [0.29, 0.717) is 0 Å². The zero-order valence-electron chi connectivity index (χ0n) is 15.5. The van der Waals surface area contributed by atoms with Crippen LogP contribution in [0.1, 0.15) is 11.6 Å². The van der Waals surface area contributed by atoms with Crippen molar-refractivity contribution in [2.45, 2.75) is 36.0 Å². The Hall–Kier alpha value is -2.97. The monoisotopic (exact) mass is 571 g/mol. The fourth-order valence-electron chi connectivity index (χ4n) is 2.22. The van der Waals surface area contributed by atoms with Gasteiger partial charge in [0, 0.05) is 0 Å². The summed E-state index contributed by atoms with van der Waals surface area (Å²) in [7, 11) is 0. The maximum atomic E-state index is 14.1. The third kappa shape index (κ3) is 3.87. The summed E-state index contributed by atoms with van der Waals surface area (Å²) in [5.74, 6) is -53.2. The van der Waals surface area contributed by atoms with Crippen molar-refractivity contribution in [3.8, 4) is 5.69 Å². The van der Waals surface area contributed by atoms with E-state index in [9.17, 15) is 83.4 Å². The zero-order valence-corrected chi connectivity index (χ0v) is 15.5. The van der Waals surface area contributed by atoms with E-state index in [2.05, 4.69) is 0 Å². The van der Waals surface area contributed by atoms with Crippen molar-refractivity contribution in [2.75, 3.05) is 0 Å². The summed E-state index contributed by atoms with van der Waals surface area (Å²) >= 11 is 0. The maximum absolute atomic E-state index is 14.1. The van der Waals surface area contributed by atoms with Crippen LogP contribution in [0.3, 0.4) is 0 Å². The molecule has 0 saturated heterocycles. The van der Waals surface area contributed by atoms with Crippen LogP contribution in [-0.2, 0) is 11.8 Å². The average Bonchev–Trinajstić information content (AvgIpc) is 3.15. The van der Waals surface area contributed by atoms with Gasteiger partial charge in [0.1, 0.15) is 5.69 Å². The standard InChI is InChI=1S/C14F19N3/c15-1-2(16)4(18)6(5(19)3(1)17)36-8(10(22,23)12(26,27)14(31,32)33)34-7(35-36)9(20,21)11(24,25)13(28,29)30. The summed E-state index contributed by atoms with van der Waals surface area (Å²) in [4.78, 5) is 1.37. The molecule has 0 aliphatic carbocycles. The molecule has 36 heavy (non-hydrogen) atoms. The number of nitrogens with zero attached hydrogens (tertiary/aromatic N) is 3. The number of hydrogen-bond donors (Lipinski definition) is 0. The van der Waals surface area contributed by atoms with Crippen molar-refractivity contribution in [1.82, 2.24) is 14.8 Å². The van der Waals surface area contributed by atoms with Crippen LogP contribution in [0, 0.1) is 29.1 Å². The number of alkyl halides is 14. The van der Waals surface area contributed by atoms with E-state index in [-0.39, 0.29) is 0 Å². The highest BCUT2D eigenvalue weighted by Gasteiger charge is 2.78. The van der Waals surface area contributed by atoms with Gasteiger partial charge in [0.15, 0.2) is 23.3 Å². The summed E-state index contributed by atoms with van der Waals surface area (Å²) in [6, 6.07) is 0. The van der Waals surface area contributed by atoms with Gasteiger partial charge in [-0.25, -0.2) is 31.6 Å². The molecule has 1 aromatic carbocycles. The molecule has 204 valence electrons. The molecule has 0 spiro atoms. The average molecular weight is 571 g/mol. The molecule has 1 heterocycles. The summed E-state index contributed by atoms with van der Waals surface area (Å²) in [5, 5.41) is 1.59. The van der Waals surface area contributed by atoms with Gasteiger partial charge in [-0.2, -0.15) is 61.5 Å². The first kappa shape index (κ1) is 29.3. The highest BCUT2D eigenvalue weighted by Crippen LogP contribution is 2.54.